The molecule has 0 saturated carbocycles. The quantitative estimate of drug-likeness (QED) is 0.630. The van der Waals surface area contributed by atoms with Crippen LogP contribution in [0.15, 0.2) is 45.7 Å². The van der Waals surface area contributed by atoms with Gasteiger partial charge in [-0.15, -0.1) is 0 Å². The zero-order valence-electron chi connectivity index (χ0n) is 11.7. The normalized spacial score (nSPS) is 11.5. The third kappa shape index (κ3) is 3.80. The van der Waals surface area contributed by atoms with Gasteiger partial charge in [0, 0.05) is 12.1 Å². The number of aldehydes is 1. The summed E-state index contributed by atoms with van der Waals surface area (Å²) in [6, 6.07) is 9.59. The van der Waals surface area contributed by atoms with Crippen LogP contribution in [0.4, 0.5) is 0 Å². The maximum Gasteiger partial charge on any atom is 0.240 e. The van der Waals surface area contributed by atoms with Crippen LogP contribution in [0.1, 0.15) is 30.3 Å². The maximum absolute atomic E-state index is 12.0. The lowest BCUT2D eigenvalue weighted by Gasteiger charge is -2.06. The second-order valence-electron chi connectivity index (χ2n) is 4.60. The number of hydrogen-bond acceptors (Lipinski definition) is 4. The average Bonchev–Trinajstić information content (AvgIpc) is 2.96. The van der Waals surface area contributed by atoms with Crippen molar-refractivity contribution >= 4 is 16.3 Å². The van der Waals surface area contributed by atoms with Crippen molar-refractivity contribution in [1.29, 1.82) is 0 Å². The highest BCUT2D eigenvalue weighted by molar-refractivity contribution is 7.89. The zero-order valence-corrected chi connectivity index (χ0v) is 12.5. The second-order valence-corrected chi connectivity index (χ2v) is 6.36. The molecular weight excluding hydrogens is 290 g/mol. The van der Waals surface area contributed by atoms with E-state index in [-0.39, 0.29) is 10.7 Å². The van der Waals surface area contributed by atoms with Crippen LogP contribution >= 0.6 is 0 Å². The fourth-order valence-electron chi connectivity index (χ4n) is 1.84. The molecule has 1 heterocycles. The Morgan fingerprint density at radius 2 is 1.86 bits per heavy atom. The van der Waals surface area contributed by atoms with Gasteiger partial charge in [-0.05, 0) is 42.8 Å². The minimum Gasteiger partial charge on any atom is -0.453 e. The molecule has 0 bridgehead atoms. The third-order valence-electron chi connectivity index (χ3n) is 3.01. The van der Waals surface area contributed by atoms with Gasteiger partial charge in [0.15, 0.2) is 12.0 Å². The van der Waals surface area contributed by atoms with E-state index in [2.05, 4.69) is 4.72 Å². The van der Waals surface area contributed by atoms with E-state index in [1.807, 2.05) is 6.92 Å². The molecular formula is C15H17NO4S. The van der Waals surface area contributed by atoms with Gasteiger partial charge in [-0.2, -0.15) is 0 Å². The van der Waals surface area contributed by atoms with E-state index in [1.54, 1.807) is 24.3 Å². The van der Waals surface area contributed by atoms with Crippen molar-refractivity contribution < 1.29 is 17.6 Å². The van der Waals surface area contributed by atoms with Crippen LogP contribution in [-0.2, 0) is 10.0 Å². The van der Waals surface area contributed by atoms with Gasteiger partial charge < -0.3 is 4.42 Å². The molecule has 0 aliphatic rings. The lowest BCUT2D eigenvalue weighted by atomic mass is 10.2. The summed E-state index contributed by atoms with van der Waals surface area (Å²) in [7, 11) is -3.47. The van der Waals surface area contributed by atoms with E-state index >= 15 is 0 Å². The van der Waals surface area contributed by atoms with E-state index in [1.165, 1.54) is 12.1 Å². The Bertz CT molecular complexity index is 702. The van der Waals surface area contributed by atoms with E-state index in [9.17, 15) is 13.2 Å². The van der Waals surface area contributed by atoms with Crippen LogP contribution in [0.25, 0.3) is 11.3 Å². The number of carbonyl (C=O) groups excluding carboxylic acids is 1. The summed E-state index contributed by atoms with van der Waals surface area (Å²) in [6.45, 7) is 2.43. The van der Waals surface area contributed by atoms with E-state index in [0.29, 0.717) is 18.6 Å². The van der Waals surface area contributed by atoms with Crippen LogP contribution in [0.2, 0.25) is 0 Å². The molecule has 0 aliphatic heterocycles. The molecule has 112 valence electrons. The fourth-order valence-corrected chi connectivity index (χ4v) is 2.91. The molecule has 1 N–H and O–H groups in total. The molecule has 1 aromatic carbocycles. The lowest BCUT2D eigenvalue weighted by molar-refractivity contribution is 0.110. The molecule has 0 saturated heterocycles. The minimum atomic E-state index is -3.47. The summed E-state index contributed by atoms with van der Waals surface area (Å²) in [4.78, 5) is 10.8. The van der Waals surface area contributed by atoms with Gasteiger partial charge in [-0.25, -0.2) is 13.1 Å². The Labute approximate surface area is 124 Å². The molecule has 2 aromatic rings. The Morgan fingerprint density at radius 1 is 1.14 bits per heavy atom. The van der Waals surface area contributed by atoms with E-state index < -0.39 is 10.0 Å². The van der Waals surface area contributed by atoms with Crippen molar-refractivity contribution in [3.05, 3.63) is 42.2 Å². The maximum atomic E-state index is 12.0. The average molecular weight is 307 g/mol. The summed E-state index contributed by atoms with van der Waals surface area (Å²) in [5, 5.41) is 0. The van der Waals surface area contributed by atoms with Crippen LogP contribution in [0, 0.1) is 0 Å². The third-order valence-corrected chi connectivity index (χ3v) is 4.49. The molecule has 0 spiro atoms. The minimum absolute atomic E-state index is 0.213. The van der Waals surface area contributed by atoms with Crippen LogP contribution in [0.3, 0.4) is 0 Å². The number of carbonyl (C=O) groups is 1. The highest BCUT2D eigenvalue weighted by Gasteiger charge is 2.13. The summed E-state index contributed by atoms with van der Waals surface area (Å²) in [5.74, 6) is 0.767. The van der Waals surface area contributed by atoms with Gasteiger partial charge in [0.05, 0.1) is 4.90 Å². The molecule has 21 heavy (non-hydrogen) atoms. The molecule has 6 heteroatoms. The predicted molar refractivity (Wildman–Crippen MR) is 79.6 cm³/mol. The number of sulfonamides is 1. The molecule has 0 unspecified atom stereocenters. The monoisotopic (exact) mass is 307 g/mol. The van der Waals surface area contributed by atoms with Crippen LogP contribution in [-0.4, -0.2) is 21.2 Å². The first-order valence-corrected chi connectivity index (χ1v) is 8.20. The Morgan fingerprint density at radius 3 is 2.43 bits per heavy atom. The molecule has 2 rings (SSSR count). The van der Waals surface area contributed by atoms with Gasteiger partial charge in [-0.1, -0.05) is 13.3 Å². The summed E-state index contributed by atoms with van der Waals surface area (Å²) >= 11 is 0. The van der Waals surface area contributed by atoms with Gasteiger partial charge in [0.1, 0.15) is 5.76 Å². The number of nitrogens with one attached hydrogen (secondary N) is 1. The zero-order chi connectivity index (χ0) is 15.3. The van der Waals surface area contributed by atoms with Crippen molar-refractivity contribution in [2.24, 2.45) is 0 Å². The Hall–Kier alpha value is -1.92. The standard InChI is InChI=1S/C15H17NO4S/c1-2-3-10-16-21(18,19)14-7-4-12(5-8-14)15-9-6-13(11-17)20-15/h4-9,11,16H,2-3,10H2,1H3. The molecule has 1 aromatic heterocycles. The van der Waals surface area contributed by atoms with Crippen molar-refractivity contribution in [3.63, 3.8) is 0 Å². The van der Waals surface area contributed by atoms with Gasteiger partial charge in [0.25, 0.3) is 0 Å². The van der Waals surface area contributed by atoms with Gasteiger partial charge >= 0.3 is 0 Å². The number of hydrogen-bond donors (Lipinski definition) is 1. The molecule has 0 radical (unpaired) electrons. The Kier molecular flexibility index (Phi) is 4.93. The fraction of sp³-hybridized carbons (Fsp3) is 0.267. The second kappa shape index (κ2) is 6.69. The van der Waals surface area contributed by atoms with E-state index in [0.717, 1.165) is 18.4 Å². The summed E-state index contributed by atoms with van der Waals surface area (Å²) in [5.41, 5.74) is 0.718. The first-order chi connectivity index (χ1) is 10.1. The molecule has 5 nitrogen and oxygen atoms in total. The van der Waals surface area contributed by atoms with Crippen LogP contribution in [0.5, 0.6) is 0 Å². The molecule has 0 amide bonds. The number of benzene rings is 1. The van der Waals surface area contributed by atoms with Crippen molar-refractivity contribution in [2.45, 2.75) is 24.7 Å². The SMILES string of the molecule is CCCCNS(=O)(=O)c1ccc(-c2ccc(C=O)o2)cc1. The van der Waals surface area contributed by atoms with Gasteiger partial charge in [-0.3, -0.25) is 4.79 Å². The van der Waals surface area contributed by atoms with Crippen molar-refractivity contribution in [2.75, 3.05) is 6.54 Å². The number of unbranched alkanes of at least 4 members (excludes halogenated alkanes) is 1. The van der Waals surface area contributed by atoms with Crippen molar-refractivity contribution in [3.8, 4) is 11.3 Å². The van der Waals surface area contributed by atoms with Gasteiger partial charge in [0.2, 0.25) is 10.0 Å². The highest BCUT2D eigenvalue weighted by Crippen LogP contribution is 2.23. The summed E-state index contributed by atoms with van der Waals surface area (Å²) in [6.07, 6.45) is 2.36. The number of furan rings is 1. The molecule has 0 atom stereocenters. The smallest absolute Gasteiger partial charge is 0.240 e. The Balaban J connectivity index is 2.16. The predicted octanol–water partition coefficient (Wildman–Crippen LogP) is 2.84. The number of rotatable bonds is 7. The van der Waals surface area contributed by atoms with Crippen molar-refractivity contribution in [1.82, 2.24) is 4.72 Å². The first-order valence-electron chi connectivity index (χ1n) is 6.72. The lowest BCUT2D eigenvalue weighted by Crippen LogP contribution is -2.24. The van der Waals surface area contributed by atoms with E-state index in [4.69, 9.17) is 4.42 Å². The largest absolute Gasteiger partial charge is 0.453 e. The highest BCUT2D eigenvalue weighted by atomic mass is 32.2. The molecule has 0 aliphatic carbocycles. The van der Waals surface area contributed by atoms with Crippen LogP contribution < -0.4 is 4.72 Å². The summed E-state index contributed by atoms with van der Waals surface area (Å²) < 4.78 is 31.9. The topological polar surface area (TPSA) is 76.4 Å². The molecule has 0 fully saturated rings. The first kappa shape index (κ1) is 15.5.